The van der Waals surface area contributed by atoms with Crippen LogP contribution in [-0.2, 0) is 113 Å². The van der Waals surface area contributed by atoms with Gasteiger partial charge in [-0.3, -0.25) is 38.4 Å². The highest BCUT2D eigenvalue weighted by molar-refractivity contribution is 5.99. The molecule has 6 N–H and O–H groups in total. The first-order chi connectivity index (χ1) is 45.2. The van der Waals surface area contributed by atoms with Crippen LogP contribution in [0.5, 0.6) is 5.75 Å². The molecule has 0 spiro atoms. The number of hydrogen-bond acceptors (Lipinski definition) is 23. The summed E-state index contributed by atoms with van der Waals surface area (Å²) in [5.41, 5.74) is 6.37. The minimum absolute atomic E-state index is 0.0316. The van der Waals surface area contributed by atoms with E-state index in [-0.39, 0.29) is 84.5 Å². The Hall–Kier alpha value is -8.57. The number of aromatic nitrogens is 2. The van der Waals surface area contributed by atoms with Crippen molar-refractivity contribution >= 4 is 70.3 Å². The zero-order chi connectivity index (χ0) is 70.7. The molecule has 0 aliphatic carbocycles. The molecule has 1 saturated heterocycles. The van der Waals surface area contributed by atoms with Crippen LogP contribution in [0.1, 0.15) is 138 Å². The number of carbonyl (C=O) groups is 9. The summed E-state index contributed by atoms with van der Waals surface area (Å²) in [6.07, 6.45) is -8.71. The molecule has 2 aromatic heterocycles. The Kier molecular flexibility index (Phi) is 24.9. The summed E-state index contributed by atoms with van der Waals surface area (Å²) in [7, 11) is 0. The van der Waals surface area contributed by atoms with E-state index in [2.05, 4.69) is 16.0 Å². The van der Waals surface area contributed by atoms with E-state index in [0.717, 1.165) is 38.6 Å². The number of fused-ring (bicyclic) bond motifs is 5. The van der Waals surface area contributed by atoms with Crippen LogP contribution in [0.15, 0.2) is 53.3 Å². The zero-order valence-electron chi connectivity index (χ0n) is 57.0. The highest BCUT2D eigenvalue weighted by atomic mass is 16.7. The van der Waals surface area contributed by atoms with Crippen molar-refractivity contribution in [2.75, 3.05) is 51.4 Å². The molecule has 3 aliphatic rings. The molecular formula is C68H91N7O21. The van der Waals surface area contributed by atoms with E-state index in [9.17, 15) is 53.1 Å². The molecule has 28 heteroatoms. The van der Waals surface area contributed by atoms with Crippen molar-refractivity contribution in [1.29, 1.82) is 0 Å². The second-order valence-corrected chi connectivity index (χ2v) is 26.5. The van der Waals surface area contributed by atoms with Gasteiger partial charge in [-0.1, -0.05) is 72.7 Å². The molecule has 96 heavy (non-hydrogen) atoms. The summed E-state index contributed by atoms with van der Waals surface area (Å²) in [6.45, 7) is 22.9. The van der Waals surface area contributed by atoms with Crippen LogP contribution in [0.3, 0.4) is 0 Å². The van der Waals surface area contributed by atoms with Crippen LogP contribution in [0.2, 0.25) is 0 Å². The number of carbonyl (C=O) groups excluding carboxylic acids is 9. The van der Waals surface area contributed by atoms with E-state index >= 15 is 0 Å². The average molecular weight is 1340 g/mol. The van der Waals surface area contributed by atoms with Gasteiger partial charge in [0.2, 0.25) is 30.1 Å². The van der Waals surface area contributed by atoms with E-state index in [1.54, 1.807) is 45.3 Å². The highest BCUT2D eigenvalue weighted by Gasteiger charge is 2.54. The Morgan fingerprint density at radius 2 is 1.46 bits per heavy atom. The third kappa shape index (κ3) is 18.5. The molecular weight excluding hydrogens is 1250 g/mol. The number of cyclic esters (lactones) is 1. The van der Waals surface area contributed by atoms with E-state index in [0.29, 0.717) is 48.8 Å². The minimum Gasteiger partial charge on any atom is -0.463 e. The molecule has 0 unspecified atom stereocenters. The van der Waals surface area contributed by atoms with Gasteiger partial charge in [-0.25, -0.2) is 14.6 Å². The Balaban J connectivity index is 1.13. The lowest BCUT2D eigenvalue weighted by atomic mass is 9.86. The molecule has 4 aromatic rings. The average Bonchev–Trinajstić information content (AvgIpc) is 1.52. The maximum Gasteiger partial charge on any atom is 0.410 e. The summed E-state index contributed by atoms with van der Waals surface area (Å²) in [5.74, 6) is -6.90. The largest absolute Gasteiger partial charge is 0.463 e. The van der Waals surface area contributed by atoms with Gasteiger partial charge in [0.25, 0.3) is 5.56 Å². The fraction of sp³-hybridized carbons (Fsp3) is 0.574. The van der Waals surface area contributed by atoms with Crippen LogP contribution in [-0.4, -0.2) is 168 Å². The van der Waals surface area contributed by atoms with Gasteiger partial charge in [-0.2, -0.15) is 0 Å². The standard InChI is InChI=1S/C68H91N7O21/c1-15-68(86)48-27-51-56-46(28-75(51)62(83)47(48)30-90-64(68)84)44(45-18-16-17-19-49(45)71-56)22-24-74(37(4)5)65(85)91-29-43-20-21-50(52(26-43)95-63-59(94-42(10)79)58(93-41(9)78)57(92-40(8)77)53(96-63)31-89-39(7)76)72-60(81)38(6)70-61(82)55(36(2)3)73-54(80)23-25-87-34-67(13,14)35-88-33-66(11,12)32-69/h16-21,26-27,36-38,53,55,57-59,63,86H,15,22-25,28-35,69H2,1-14H3,(H,70,82)(H,72,81)(H,73,80)/t38-,53+,55-,57-,58-,59+,63+,68-/m0/s1. The fourth-order valence-electron chi connectivity index (χ4n) is 11.3. The number of hydrogen-bond donors (Lipinski definition) is 5. The van der Waals surface area contributed by atoms with Crippen molar-refractivity contribution in [3.05, 3.63) is 86.7 Å². The fourth-order valence-corrected chi connectivity index (χ4v) is 11.3. The number of anilines is 1. The van der Waals surface area contributed by atoms with Gasteiger partial charge in [0.05, 0.1) is 61.1 Å². The molecule has 3 aliphatic heterocycles. The van der Waals surface area contributed by atoms with Crippen LogP contribution in [0.25, 0.3) is 22.3 Å². The molecule has 28 nitrogen and oxygen atoms in total. The third-order valence-electron chi connectivity index (χ3n) is 16.6. The lowest BCUT2D eigenvalue weighted by molar-refractivity contribution is -0.288. The number of para-hydroxylation sites is 1. The molecule has 0 radical (unpaired) electrons. The first kappa shape index (κ1) is 74.8. The molecule has 8 atom stereocenters. The topological polar surface area (TPSA) is 366 Å². The van der Waals surface area contributed by atoms with Crippen LogP contribution in [0, 0.1) is 16.7 Å². The predicted octanol–water partition coefficient (Wildman–Crippen LogP) is 5.15. The lowest BCUT2D eigenvalue weighted by Gasteiger charge is -2.44. The van der Waals surface area contributed by atoms with Gasteiger partial charge in [0, 0.05) is 74.0 Å². The van der Waals surface area contributed by atoms with Crippen molar-refractivity contribution in [2.45, 2.75) is 190 Å². The van der Waals surface area contributed by atoms with Gasteiger partial charge >= 0.3 is 35.9 Å². The minimum atomic E-state index is -2.03. The van der Waals surface area contributed by atoms with Crippen LogP contribution >= 0.6 is 0 Å². The monoisotopic (exact) mass is 1340 g/mol. The van der Waals surface area contributed by atoms with E-state index < -0.39 is 133 Å². The first-order valence-corrected chi connectivity index (χ1v) is 32.0. The molecule has 0 bridgehead atoms. The summed E-state index contributed by atoms with van der Waals surface area (Å²) in [6, 6.07) is 10.5. The van der Waals surface area contributed by atoms with E-state index in [1.807, 2.05) is 52.0 Å². The molecule has 4 amide bonds. The second kappa shape index (κ2) is 32.0. The van der Waals surface area contributed by atoms with Gasteiger partial charge in [-0.05, 0) is 81.5 Å². The molecule has 7 rings (SSSR count). The summed E-state index contributed by atoms with van der Waals surface area (Å²) < 4.78 is 59.4. The quantitative estimate of drug-likeness (QED) is 0.0225. The van der Waals surface area contributed by atoms with Crippen molar-refractivity contribution in [3.8, 4) is 17.1 Å². The van der Waals surface area contributed by atoms with Gasteiger partial charge in [-0.15, -0.1) is 0 Å². The van der Waals surface area contributed by atoms with E-state index in [1.165, 1.54) is 30.0 Å². The maximum absolute atomic E-state index is 14.4. The number of aliphatic hydroxyl groups is 1. The Morgan fingerprint density at radius 1 is 0.802 bits per heavy atom. The molecule has 1 fully saturated rings. The number of ether oxygens (including phenoxy) is 10. The first-order valence-electron chi connectivity index (χ1n) is 32.0. The van der Waals surface area contributed by atoms with Gasteiger partial charge < -0.3 is 83.6 Å². The Labute approximate surface area is 557 Å². The third-order valence-corrected chi connectivity index (χ3v) is 16.6. The number of nitrogens with one attached hydrogen (secondary N) is 3. The molecule has 2 aromatic carbocycles. The maximum atomic E-state index is 14.4. The van der Waals surface area contributed by atoms with Crippen molar-refractivity contribution < 1.29 is 95.6 Å². The van der Waals surface area contributed by atoms with Crippen molar-refractivity contribution in [2.24, 2.45) is 22.5 Å². The molecule has 524 valence electrons. The molecule has 0 saturated carbocycles. The Bertz CT molecular complexity index is 3620. The van der Waals surface area contributed by atoms with Crippen LogP contribution < -0.4 is 32.0 Å². The number of pyridine rings is 2. The molecule has 5 heterocycles. The number of nitrogens with zero attached hydrogens (tertiary/aromatic N) is 3. The summed E-state index contributed by atoms with van der Waals surface area (Å²) in [4.78, 5) is 140. The zero-order valence-corrected chi connectivity index (χ0v) is 57.0. The summed E-state index contributed by atoms with van der Waals surface area (Å²) >= 11 is 0. The Morgan fingerprint density at radius 3 is 2.10 bits per heavy atom. The van der Waals surface area contributed by atoms with E-state index in [4.69, 9.17) is 58.1 Å². The highest BCUT2D eigenvalue weighted by Crippen LogP contribution is 2.41. The lowest BCUT2D eigenvalue weighted by Crippen LogP contribution is -2.63. The second-order valence-electron chi connectivity index (χ2n) is 26.5. The smallest absolute Gasteiger partial charge is 0.410 e. The van der Waals surface area contributed by atoms with Crippen molar-refractivity contribution in [3.63, 3.8) is 0 Å². The SMILES string of the molecule is CC[C@@]1(O)C(=O)OCc2c1cc1n(c2=O)Cc2c-1nc1ccccc1c2CCN(C(=O)OCc1ccc(NC(=O)[C@H](C)NC(=O)[C@@H](NC(=O)CCOCC(C)(C)COCC(C)(C)CN)C(C)C)c(O[C@@H]2O[C@H](COC(C)=O)[C@H](OC(C)=O)[C@H](OC(C)=O)[C@H]2OC(C)=O)c1)C(C)C. The number of rotatable bonds is 30. The number of amides is 4. The van der Waals surface area contributed by atoms with Crippen LogP contribution in [0.4, 0.5) is 10.5 Å². The van der Waals surface area contributed by atoms with Gasteiger partial charge in [0.15, 0.2) is 17.8 Å². The van der Waals surface area contributed by atoms with Crippen molar-refractivity contribution in [1.82, 2.24) is 25.1 Å². The van der Waals surface area contributed by atoms with Gasteiger partial charge in [0.1, 0.15) is 43.8 Å². The number of benzene rings is 2. The summed E-state index contributed by atoms with van der Waals surface area (Å²) in [5, 5.41) is 20.4. The number of nitrogens with two attached hydrogens (primary N) is 1. The number of esters is 5. The normalized spacial score (nSPS) is 19.6. The predicted molar refractivity (Wildman–Crippen MR) is 345 cm³/mol.